The molecule has 0 unspecified atom stereocenters. The number of rotatable bonds is 5. The van der Waals surface area contributed by atoms with Crippen molar-refractivity contribution >= 4 is 22.4 Å². The molecule has 156 valence electrons. The Bertz CT molecular complexity index is 1320. The number of carbonyl (C=O) groups excluding carboxylic acids is 1. The van der Waals surface area contributed by atoms with E-state index < -0.39 is 0 Å². The average Bonchev–Trinajstić information content (AvgIpc) is 3.19. The molecule has 31 heavy (non-hydrogen) atoms. The van der Waals surface area contributed by atoms with Gasteiger partial charge in [0.1, 0.15) is 5.69 Å². The van der Waals surface area contributed by atoms with Gasteiger partial charge in [0.05, 0.1) is 12.2 Å². The predicted octanol–water partition coefficient (Wildman–Crippen LogP) is 4.59. The SMILES string of the molecule is Cc1cccc(Cn2ccc(C(=O)Nc3nc(-c4nccc(C)c4C)cs3)cc2=O)c1. The van der Waals surface area contributed by atoms with Crippen molar-refractivity contribution in [2.75, 3.05) is 5.32 Å². The molecule has 1 aromatic carbocycles. The first kappa shape index (κ1) is 20.7. The van der Waals surface area contributed by atoms with Crippen LogP contribution in [0.4, 0.5) is 5.13 Å². The van der Waals surface area contributed by atoms with Crippen LogP contribution in [0.15, 0.2) is 65.0 Å². The second-order valence-electron chi connectivity index (χ2n) is 7.46. The van der Waals surface area contributed by atoms with Gasteiger partial charge in [0.25, 0.3) is 11.5 Å². The monoisotopic (exact) mass is 430 g/mol. The third kappa shape index (κ3) is 4.62. The number of carbonyl (C=O) groups is 1. The van der Waals surface area contributed by atoms with Crippen molar-refractivity contribution in [1.82, 2.24) is 14.5 Å². The molecule has 0 aliphatic heterocycles. The van der Waals surface area contributed by atoms with Crippen LogP contribution in [0.25, 0.3) is 11.4 Å². The lowest BCUT2D eigenvalue weighted by molar-refractivity contribution is 0.102. The van der Waals surface area contributed by atoms with Crippen molar-refractivity contribution < 1.29 is 4.79 Å². The molecule has 4 rings (SSSR count). The van der Waals surface area contributed by atoms with E-state index in [0.717, 1.165) is 33.6 Å². The number of anilines is 1. The molecule has 0 bridgehead atoms. The summed E-state index contributed by atoms with van der Waals surface area (Å²) in [4.78, 5) is 34.0. The second kappa shape index (κ2) is 8.65. The molecule has 3 aromatic heterocycles. The molecule has 0 radical (unpaired) electrons. The zero-order chi connectivity index (χ0) is 22.0. The van der Waals surface area contributed by atoms with E-state index in [1.54, 1.807) is 23.0 Å². The topological polar surface area (TPSA) is 76.9 Å². The Kier molecular flexibility index (Phi) is 5.77. The Morgan fingerprint density at radius 2 is 1.97 bits per heavy atom. The molecule has 0 aliphatic carbocycles. The summed E-state index contributed by atoms with van der Waals surface area (Å²) in [5, 5.41) is 5.11. The quantitative estimate of drug-likeness (QED) is 0.502. The molecule has 3 heterocycles. The smallest absolute Gasteiger partial charge is 0.257 e. The summed E-state index contributed by atoms with van der Waals surface area (Å²) >= 11 is 1.33. The fourth-order valence-electron chi connectivity index (χ4n) is 3.29. The van der Waals surface area contributed by atoms with Crippen LogP contribution in [0.3, 0.4) is 0 Å². The minimum atomic E-state index is -0.366. The number of hydrogen-bond donors (Lipinski definition) is 1. The number of aryl methyl sites for hydroxylation is 2. The summed E-state index contributed by atoms with van der Waals surface area (Å²) in [6.45, 7) is 6.50. The van der Waals surface area contributed by atoms with Crippen molar-refractivity contribution in [2.24, 2.45) is 0 Å². The van der Waals surface area contributed by atoms with E-state index in [-0.39, 0.29) is 11.5 Å². The van der Waals surface area contributed by atoms with Crippen molar-refractivity contribution in [3.8, 4) is 11.4 Å². The Hall–Kier alpha value is -3.58. The van der Waals surface area contributed by atoms with E-state index in [0.29, 0.717) is 17.2 Å². The third-order valence-corrected chi connectivity index (χ3v) is 5.89. The van der Waals surface area contributed by atoms with Gasteiger partial charge in [-0.05, 0) is 49.6 Å². The van der Waals surface area contributed by atoms with E-state index in [1.165, 1.54) is 17.4 Å². The van der Waals surface area contributed by atoms with Gasteiger partial charge in [-0.25, -0.2) is 4.98 Å². The number of nitrogens with one attached hydrogen (secondary N) is 1. The highest BCUT2D eigenvalue weighted by Gasteiger charge is 2.13. The molecule has 0 fully saturated rings. The minimum absolute atomic E-state index is 0.228. The lowest BCUT2D eigenvalue weighted by atomic mass is 10.1. The molecule has 0 saturated carbocycles. The normalized spacial score (nSPS) is 10.8. The highest BCUT2D eigenvalue weighted by molar-refractivity contribution is 7.14. The zero-order valence-corrected chi connectivity index (χ0v) is 18.4. The van der Waals surface area contributed by atoms with E-state index in [9.17, 15) is 9.59 Å². The van der Waals surface area contributed by atoms with Gasteiger partial charge in [-0.3, -0.25) is 19.9 Å². The first-order valence-corrected chi connectivity index (χ1v) is 10.7. The van der Waals surface area contributed by atoms with E-state index >= 15 is 0 Å². The van der Waals surface area contributed by atoms with Gasteiger partial charge in [-0.15, -0.1) is 11.3 Å². The number of hydrogen-bond acceptors (Lipinski definition) is 5. The molecule has 0 saturated heterocycles. The molecule has 7 heteroatoms. The fourth-order valence-corrected chi connectivity index (χ4v) is 3.98. The van der Waals surface area contributed by atoms with Gasteiger partial charge >= 0.3 is 0 Å². The highest BCUT2D eigenvalue weighted by Crippen LogP contribution is 2.27. The van der Waals surface area contributed by atoms with Crippen LogP contribution in [-0.2, 0) is 6.54 Å². The lowest BCUT2D eigenvalue weighted by Crippen LogP contribution is -2.22. The molecule has 0 spiro atoms. The molecule has 0 atom stereocenters. The maximum Gasteiger partial charge on any atom is 0.257 e. The summed E-state index contributed by atoms with van der Waals surface area (Å²) in [5.41, 5.74) is 5.96. The molecular weight excluding hydrogens is 408 g/mol. The summed E-state index contributed by atoms with van der Waals surface area (Å²) in [7, 11) is 0. The Morgan fingerprint density at radius 3 is 2.74 bits per heavy atom. The van der Waals surface area contributed by atoms with Crippen molar-refractivity contribution in [1.29, 1.82) is 0 Å². The predicted molar refractivity (Wildman–Crippen MR) is 124 cm³/mol. The average molecular weight is 431 g/mol. The van der Waals surface area contributed by atoms with E-state index in [1.807, 2.05) is 56.5 Å². The van der Waals surface area contributed by atoms with Crippen LogP contribution in [0.1, 0.15) is 32.6 Å². The van der Waals surface area contributed by atoms with Crippen LogP contribution in [0.5, 0.6) is 0 Å². The summed E-state index contributed by atoms with van der Waals surface area (Å²) in [6.07, 6.45) is 3.40. The largest absolute Gasteiger partial charge is 0.311 e. The zero-order valence-electron chi connectivity index (χ0n) is 17.5. The number of benzene rings is 1. The first-order valence-electron chi connectivity index (χ1n) is 9.86. The van der Waals surface area contributed by atoms with Gasteiger partial charge in [0.15, 0.2) is 5.13 Å². The number of thiazole rings is 1. The maximum atomic E-state index is 12.6. The first-order chi connectivity index (χ1) is 14.9. The molecule has 0 aliphatic rings. The fraction of sp³-hybridized carbons (Fsp3) is 0.167. The highest BCUT2D eigenvalue weighted by atomic mass is 32.1. The second-order valence-corrected chi connectivity index (χ2v) is 8.32. The molecule has 1 amide bonds. The third-order valence-electron chi connectivity index (χ3n) is 5.14. The Labute approximate surface area is 184 Å². The van der Waals surface area contributed by atoms with Gasteiger partial charge in [-0.2, -0.15) is 0 Å². The van der Waals surface area contributed by atoms with Crippen LogP contribution < -0.4 is 10.9 Å². The lowest BCUT2D eigenvalue weighted by Gasteiger charge is -2.08. The summed E-state index contributed by atoms with van der Waals surface area (Å²) in [5.74, 6) is -0.366. The molecule has 4 aromatic rings. The molecule has 6 nitrogen and oxygen atoms in total. The Balaban J connectivity index is 1.49. The van der Waals surface area contributed by atoms with Crippen molar-refractivity contribution in [2.45, 2.75) is 27.3 Å². The number of nitrogens with zero attached hydrogens (tertiary/aromatic N) is 3. The maximum absolute atomic E-state index is 12.6. The van der Waals surface area contributed by atoms with Crippen LogP contribution in [-0.4, -0.2) is 20.4 Å². The van der Waals surface area contributed by atoms with Crippen LogP contribution in [0.2, 0.25) is 0 Å². The van der Waals surface area contributed by atoms with Gasteiger partial charge in [-0.1, -0.05) is 29.8 Å². The van der Waals surface area contributed by atoms with Crippen LogP contribution in [0, 0.1) is 20.8 Å². The number of aromatic nitrogens is 3. The van der Waals surface area contributed by atoms with Crippen LogP contribution >= 0.6 is 11.3 Å². The van der Waals surface area contributed by atoms with Crippen molar-refractivity contribution in [3.05, 3.63) is 98.4 Å². The van der Waals surface area contributed by atoms with Gasteiger partial charge in [0.2, 0.25) is 0 Å². The van der Waals surface area contributed by atoms with Crippen molar-refractivity contribution in [3.63, 3.8) is 0 Å². The standard InChI is InChI=1S/C24H22N4O2S/c1-15-5-4-6-18(11-15)13-28-10-8-19(12-21(28)29)23(30)27-24-26-20(14-31-24)22-17(3)16(2)7-9-25-22/h4-12,14H,13H2,1-3H3,(H,26,27,30). The number of amides is 1. The van der Waals surface area contributed by atoms with E-state index in [2.05, 4.69) is 15.3 Å². The summed E-state index contributed by atoms with van der Waals surface area (Å²) < 4.78 is 1.58. The minimum Gasteiger partial charge on any atom is -0.311 e. The Morgan fingerprint density at radius 1 is 1.13 bits per heavy atom. The number of pyridine rings is 2. The van der Waals surface area contributed by atoms with E-state index in [4.69, 9.17) is 0 Å². The summed E-state index contributed by atoms with van der Waals surface area (Å²) in [6, 6.07) is 12.9. The molecular formula is C24H22N4O2S. The van der Waals surface area contributed by atoms with Gasteiger partial charge in [0, 0.05) is 29.4 Å². The molecule has 1 N–H and O–H groups in total. The van der Waals surface area contributed by atoms with Gasteiger partial charge < -0.3 is 4.57 Å².